The lowest BCUT2D eigenvalue weighted by Gasteiger charge is -2.18. The van der Waals surface area contributed by atoms with Crippen LogP contribution in [-0.4, -0.2) is 24.0 Å². The largest absolute Gasteiger partial charge is 0.495 e. The van der Waals surface area contributed by atoms with Crippen molar-refractivity contribution in [2.24, 2.45) is 0 Å². The van der Waals surface area contributed by atoms with Crippen LogP contribution >= 0.6 is 11.6 Å². The van der Waals surface area contributed by atoms with Crippen molar-refractivity contribution in [1.82, 2.24) is 9.78 Å². The van der Waals surface area contributed by atoms with E-state index in [4.69, 9.17) is 21.1 Å². The summed E-state index contributed by atoms with van der Waals surface area (Å²) >= 11 is 6.18. The fourth-order valence-corrected chi connectivity index (χ4v) is 2.31. The first-order valence-electron chi connectivity index (χ1n) is 6.79. The fraction of sp³-hybridized carbons (Fsp3) is 0.400. The quantitative estimate of drug-likeness (QED) is 0.883. The van der Waals surface area contributed by atoms with Gasteiger partial charge >= 0.3 is 0 Å². The molecule has 0 aliphatic rings. The summed E-state index contributed by atoms with van der Waals surface area (Å²) in [6, 6.07) is 3.66. The van der Waals surface area contributed by atoms with Gasteiger partial charge in [0.25, 0.3) is 0 Å². The zero-order valence-corrected chi connectivity index (χ0v) is 13.4. The maximum Gasteiger partial charge on any atom is 0.145 e. The van der Waals surface area contributed by atoms with Crippen molar-refractivity contribution in [1.29, 1.82) is 0 Å². The third-order valence-electron chi connectivity index (χ3n) is 3.32. The average Bonchev–Trinajstić information content (AvgIpc) is 2.96. The van der Waals surface area contributed by atoms with Gasteiger partial charge in [-0.3, -0.25) is 4.68 Å². The first kappa shape index (κ1) is 15.5. The summed E-state index contributed by atoms with van der Waals surface area (Å²) in [4.78, 5) is 0. The van der Waals surface area contributed by atoms with Gasteiger partial charge in [0.15, 0.2) is 0 Å². The zero-order chi connectivity index (χ0) is 15.4. The van der Waals surface area contributed by atoms with Crippen LogP contribution in [-0.2, 0) is 6.54 Å². The number of ether oxygens (including phenoxy) is 2. The van der Waals surface area contributed by atoms with Gasteiger partial charge in [0, 0.05) is 24.4 Å². The molecule has 1 atom stereocenters. The van der Waals surface area contributed by atoms with E-state index in [9.17, 15) is 0 Å². The number of nitrogens with zero attached hydrogens (tertiary/aromatic N) is 2. The number of aryl methyl sites for hydroxylation is 1. The van der Waals surface area contributed by atoms with E-state index in [-0.39, 0.29) is 6.04 Å². The maximum atomic E-state index is 6.18. The number of aromatic nitrogens is 2. The molecule has 0 fully saturated rings. The summed E-state index contributed by atoms with van der Waals surface area (Å²) in [6.07, 6.45) is 3.88. The molecule has 21 heavy (non-hydrogen) atoms. The van der Waals surface area contributed by atoms with Gasteiger partial charge in [0.05, 0.1) is 37.2 Å². The van der Waals surface area contributed by atoms with Crippen LogP contribution in [0.1, 0.15) is 25.5 Å². The Morgan fingerprint density at radius 2 is 2.00 bits per heavy atom. The molecular weight excluding hydrogens is 290 g/mol. The third-order valence-corrected chi connectivity index (χ3v) is 3.62. The molecule has 0 aliphatic carbocycles. The van der Waals surface area contributed by atoms with Crippen molar-refractivity contribution < 1.29 is 9.47 Å². The summed E-state index contributed by atoms with van der Waals surface area (Å²) in [5.74, 6) is 1.27. The SMILES string of the molecule is CCn1cc(C(C)Nc2cc(Cl)c(OC)cc2OC)cn1. The first-order valence-corrected chi connectivity index (χ1v) is 7.17. The van der Waals surface area contributed by atoms with Gasteiger partial charge in [-0.05, 0) is 19.9 Å². The van der Waals surface area contributed by atoms with Crippen LogP contribution in [0.4, 0.5) is 5.69 Å². The van der Waals surface area contributed by atoms with Crippen molar-refractivity contribution in [3.05, 3.63) is 35.1 Å². The molecule has 114 valence electrons. The molecule has 2 rings (SSSR count). The maximum absolute atomic E-state index is 6.18. The minimum absolute atomic E-state index is 0.0867. The number of methoxy groups -OCH3 is 2. The molecule has 1 aromatic carbocycles. The van der Waals surface area contributed by atoms with Crippen molar-refractivity contribution >= 4 is 17.3 Å². The average molecular weight is 310 g/mol. The standard InChI is InChI=1S/C15H20ClN3O2/c1-5-19-9-11(8-17-19)10(2)18-13-6-12(16)14(20-3)7-15(13)21-4/h6-10,18H,5H2,1-4H3. The number of hydrogen-bond acceptors (Lipinski definition) is 4. The highest BCUT2D eigenvalue weighted by Gasteiger charge is 2.14. The van der Waals surface area contributed by atoms with Gasteiger partial charge in [0.1, 0.15) is 11.5 Å². The lowest BCUT2D eigenvalue weighted by atomic mass is 10.1. The number of anilines is 1. The lowest BCUT2D eigenvalue weighted by Crippen LogP contribution is -2.07. The highest BCUT2D eigenvalue weighted by molar-refractivity contribution is 6.32. The monoisotopic (exact) mass is 309 g/mol. The van der Waals surface area contributed by atoms with Gasteiger partial charge < -0.3 is 14.8 Å². The van der Waals surface area contributed by atoms with Crippen molar-refractivity contribution in [3.63, 3.8) is 0 Å². The number of halogens is 1. The summed E-state index contributed by atoms with van der Waals surface area (Å²) < 4.78 is 12.5. The van der Waals surface area contributed by atoms with Gasteiger partial charge in [-0.25, -0.2) is 0 Å². The number of benzene rings is 1. The predicted molar refractivity (Wildman–Crippen MR) is 84.5 cm³/mol. The lowest BCUT2D eigenvalue weighted by molar-refractivity contribution is 0.395. The van der Waals surface area contributed by atoms with Crippen LogP contribution in [0.15, 0.2) is 24.5 Å². The normalized spacial score (nSPS) is 12.0. The number of rotatable bonds is 6. The molecule has 0 spiro atoms. The van der Waals surface area contributed by atoms with Crippen molar-refractivity contribution in [3.8, 4) is 11.5 Å². The number of nitrogens with one attached hydrogen (secondary N) is 1. The van der Waals surface area contributed by atoms with E-state index in [0.29, 0.717) is 16.5 Å². The Labute approximate surface area is 129 Å². The molecule has 1 unspecified atom stereocenters. The van der Waals surface area contributed by atoms with E-state index in [2.05, 4.69) is 24.3 Å². The van der Waals surface area contributed by atoms with Gasteiger partial charge in [-0.2, -0.15) is 5.10 Å². The molecule has 0 aliphatic heterocycles. The van der Waals surface area contributed by atoms with Gasteiger partial charge in [0.2, 0.25) is 0 Å². The Kier molecular flexibility index (Phi) is 4.96. The summed E-state index contributed by atoms with van der Waals surface area (Å²) in [7, 11) is 3.20. The van der Waals surface area contributed by atoms with E-state index in [1.165, 1.54) is 0 Å². The Bertz CT molecular complexity index is 613. The third kappa shape index (κ3) is 3.42. The minimum atomic E-state index is 0.0867. The van der Waals surface area contributed by atoms with E-state index in [1.807, 2.05) is 17.1 Å². The van der Waals surface area contributed by atoms with Gasteiger partial charge in [-0.1, -0.05) is 11.6 Å². The van der Waals surface area contributed by atoms with E-state index >= 15 is 0 Å². The molecule has 0 bridgehead atoms. The second-order valence-electron chi connectivity index (χ2n) is 4.68. The van der Waals surface area contributed by atoms with E-state index in [1.54, 1.807) is 26.4 Å². The van der Waals surface area contributed by atoms with E-state index < -0.39 is 0 Å². The summed E-state index contributed by atoms with van der Waals surface area (Å²) in [5.41, 5.74) is 1.92. The smallest absolute Gasteiger partial charge is 0.145 e. The van der Waals surface area contributed by atoms with Gasteiger partial charge in [-0.15, -0.1) is 0 Å². The minimum Gasteiger partial charge on any atom is -0.495 e. The summed E-state index contributed by atoms with van der Waals surface area (Å²) in [6.45, 7) is 4.97. The van der Waals surface area contributed by atoms with Crippen molar-refractivity contribution in [2.75, 3.05) is 19.5 Å². The highest BCUT2D eigenvalue weighted by Crippen LogP contribution is 2.37. The molecule has 0 radical (unpaired) electrons. The molecular formula is C15H20ClN3O2. The fourth-order valence-electron chi connectivity index (χ4n) is 2.07. The molecule has 5 nitrogen and oxygen atoms in total. The summed E-state index contributed by atoms with van der Waals surface area (Å²) in [5, 5.41) is 8.21. The molecule has 0 saturated carbocycles. The molecule has 1 N–H and O–H groups in total. The Balaban J connectivity index is 2.23. The first-order chi connectivity index (χ1) is 10.1. The Morgan fingerprint density at radius 3 is 2.57 bits per heavy atom. The molecule has 0 amide bonds. The second kappa shape index (κ2) is 6.72. The van der Waals surface area contributed by atoms with Crippen LogP contribution in [0.5, 0.6) is 11.5 Å². The van der Waals surface area contributed by atoms with Crippen LogP contribution < -0.4 is 14.8 Å². The van der Waals surface area contributed by atoms with Crippen LogP contribution in [0, 0.1) is 0 Å². The molecule has 1 heterocycles. The van der Waals surface area contributed by atoms with Crippen molar-refractivity contribution in [2.45, 2.75) is 26.4 Å². The number of hydrogen-bond donors (Lipinski definition) is 1. The topological polar surface area (TPSA) is 48.3 Å². The predicted octanol–water partition coefficient (Wildman–Crippen LogP) is 3.75. The molecule has 1 aromatic heterocycles. The Morgan fingerprint density at radius 1 is 1.29 bits per heavy atom. The second-order valence-corrected chi connectivity index (χ2v) is 5.09. The van der Waals surface area contributed by atoms with Crippen LogP contribution in [0.3, 0.4) is 0 Å². The molecule has 2 aromatic rings. The van der Waals surface area contributed by atoms with Crippen LogP contribution in [0.25, 0.3) is 0 Å². The highest BCUT2D eigenvalue weighted by atomic mass is 35.5. The van der Waals surface area contributed by atoms with E-state index in [0.717, 1.165) is 17.8 Å². The molecule has 6 heteroatoms. The van der Waals surface area contributed by atoms with Crippen LogP contribution in [0.2, 0.25) is 5.02 Å². The molecule has 0 saturated heterocycles. The Hall–Kier alpha value is -1.88. The zero-order valence-electron chi connectivity index (χ0n) is 12.7.